The van der Waals surface area contributed by atoms with Crippen LogP contribution >= 0.6 is 0 Å². The molecule has 29 heavy (non-hydrogen) atoms. The van der Waals surface area contributed by atoms with Crippen LogP contribution in [0.1, 0.15) is 29.5 Å². The first kappa shape index (κ1) is 21.5. The van der Waals surface area contributed by atoms with Crippen molar-refractivity contribution in [1.82, 2.24) is 9.29 Å². The van der Waals surface area contributed by atoms with Gasteiger partial charge in [-0.2, -0.15) is 17.5 Å². The molecule has 1 aliphatic carbocycles. The number of alkyl halides is 3. The average molecular weight is 442 g/mol. The summed E-state index contributed by atoms with van der Waals surface area (Å²) in [7, 11) is -5.00. The quantitative estimate of drug-likeness (QED) is 0.394. The van der Waals surface area contributed by atoms with Crippen molar-refractivity contribution in [2.24, 2.45) is 0 Å². The molecule has 0 unspecified atom stereocenters. The number of sulfonamides is 1. The van der Waals surface area contributed by atoms with Gasteiger partial charge in [-0.25, -0.2) is 26.0 Å². The molecule has 1 fully saturated rings. The lowest BCUT2D eigenvalue weighted by Gasteiger charge is -2.25. The van der Waals surface area contributed by atoms with Gasteiger partial charge in [0.05, 0.1) is 5.56 Å². The van der Waals surface area contributed by atoms with Gasteiger partial charge in [-0.05, 0) is 31.4 Å². The van der Waals surface area contributed by atoms with Crippen LogP contribution in [0.15, 0.2) is 23.4 Å². The standard InChI is InChI=1S/C17H13F7N2O2S/c1-8-12(18)13(19)14(20)15(21)16(8)29(27,28)26(10-2-3-10)7-9-6-25-5-4-11(9)17(22,23)24/h4-6,10H,2-3,7H2,1H3. The lowest BCUT2D eigenvalue weighted by atomic mass is 10.1. The van der Waals surface area contributed by atoms with Gasteiger partial charge in [-0.1, -0.05) is 0 Å². The molecular weight excluding hydrogens is 429 g/mol. The van der Waals surface area contributed by atoms with Crippen LogP contribution in [0.3, 0.4) is 0 Å². The number of benzene rings is 1. The van der Waals surface area contributed by atoms with Crippen molar-refractivity contribution < 1.29 is 39.2 Å². The van der Waals surface area contributed by atoms with E-state index in [9.17, 15) is 39.2 Å². The first-order valence-electron chi connectivity index (χ1n) is 8.21. The summed E-state index contributed by atoms with van der Waals surface area (Å²) in [5.41, 5.74) is -2.67. The van der Waals surface area contributed by atoms with Crippen molar-refractivity contribution in [2.45, 2.75) is 43.4 Å². The molecule has 0 saturated heterocycles. The van der Waals surface area contributed by atoms with E-state index in [2.05, 4.69) is 4.98 Å². The molecule has 1 aromatic heterocycles. The molecule has 0 spiro atoms. The smallest absolute Gasteiger partial charge is 0.264 e. The monoisotopic (exact) mass is 442 g/mol. The van der Waals surface area contributed by atoms with Crippen molar-refractivity contribution in [3.63, 3.8) is 0 Å². The van der Waals surface area contributed by atoms with E-state index in [-0.39, 0.29) is 12.8 Å². The van der Waals surface area contributed by atoms with E-state index in [1.807, 2.05) is 0 Å². The molecule has 0 bridgehead atoms. The maximum absolute atomic E-state index is 14.3. The van der Waals surface area contributed by atoms with Gasteiger partial charge in [0, 0.05) is 30.5 Å². The molecule has 2 aromatic rings. The topological polar surface area (TPSA) is 50.3 Å². The van der Waals surface area contributed by atoms with Crippen LogP contribution in [0.5, 0.6) is 0 Å². The number of nitrogens with zero attached hydrogens (tertiary/aromatic N) is 2. The summed E-state index contributed by atoms with van der Waals surface area (Å²) in [6.45, 7) is -0.112. The molecule has 0 N–H and O–H groups in total. The fourth-order valence-corrected chi connectivity index (χ4v) is 4.86. The van der Waals surface area contributed by atoms with E-state index < -0.39 is 73.6 Å². The Hall–Kier alpha value is -2.21. The number of halogens is 7. The summed E-state index contributed by atoms with van der Waals surface area (Å²) in [4.78, 5) is 2.11. The van der Waals surface area contributed by atoms with Gasteiger partial charge in [0.25, 0.3) is 0 Å². The predicted octanol–water partition coefficient (Wildman–Crippen LogP) is 4.32. The minimum absolute atomic E-state index is 0.258. The van der Waals surface area contributed by atoms with Gasteiger partial charge in [0.15, 0.2) is 23.3 Å². The Morgan fingerprint density at radius 1 is 1.07 bits per heavy atom. The number of aromatic nitrogens is 1. The summed E-state index contributed by atoms with van der Waals surface area (Å²) in [6.07, 6.45) is -2.62. The lowest BCUT2D eigenvalue weighted by molar-refractivity contribution is -0.138. The summed E-state index contributed by atoms with van der Waals surface area (Å²) in [5, 5.41) is 0. The van der Waals surface area contributed by atoms with Gasteiger partial charge in [-0.3, -0.25) is 4.98 Å². The summed E-state index contributed by atoms with van der Waals surface area (Å²) >= 11 is 0. The molecule has 1 aromatic carbocycles. The Morgan fingerprint density at radius 2 is 1.66 bits per heavy atom. The van der Waals surface area contributed by atoms with E-state index in [0.29, 0.717) is 10.4 Å². The van der Waals surface area contributed by atoms with E-state index >= 15 is 0 Å². The molecule has 1 heterocycles. The number of rotatable bonds is 5. The lowest BCUT2D eigenvalue weighted by Crippen LogP contribution is -2.35. The van der Waals surface area contributed by atoms with Gasteiger partial charge < -0.3 is 0 Å². The van der Waals surface area contributed by atoms with Crippen LogP contribution in [0.4, 0.5) is 30.7 Å². The fourth-order valence-electron chi connectivity index (χ4n) is 2.92. The van der Waals surface area contributed by atoms with E-state index in [4.69, 9.17) is 0 Å². The van der Waals surface area contributed by atoms with Crippen LogP contribution in [-0.2, 0) is 22.7 Å². The second kappa shape index (κ2) is 7.24. The third-order valence-corrected chi connectivity index (χ3v) is 6.55. The van der Waals surface area contributed by atoms with E-state index in [1.54, 1.807) is 0 Å². The second-order valence-corrected chi connectivity index (χ2v) is 8.35. The number of pyridine rings is 1. The average Bonchev–Trinajstić information content (AvgIpc) is 3.47. The third kappa shape index (κ3) is 3.82. The Morgan fingerprint density at radius 3 is 2.21 bits per heavy atom. The summed E-state index contributed by atoms with van der Waals surface area (Å²) in [5.74, 6) is -8.52. The van der Waals surface area contributed by atoms with Crippen molar-refractivity contribution >= 4 is 10.0 Å². The van der Waals surface area contributed by atoms with E-state index in [1.165, 1.54) is 0 Å². The maximum atomic E-state index is 14.3. The molecule has 1 saturated carbocycles. The first-order chi connectivity index (χ1) is 13.4. The van der Waals surface area contributed by atoms with Crippen molar-refractivity contribution in [2.75, 3.05) is 0 Å². The molecule has 0 radical (unpaired) electrons. The van der Waals surface area contributed by atoms with E-state index in [0.717, 1.165) is 19.3 Å². The Labute approximate surface area is 161 Å². The second-order valence-electron chi connectivity index (χ2n) is 6.52. The highest BCUT2D eigenvalue weighted by molar-refractivity contribution is 7.89. The highest BCUT2D eigenvalue weighted by atomic mass is 32.2. The Balaban J connectivity index is 2.13. The molecular formula is C17H13F7N2O2S. The van der Waals surface area contributed by atoms with Crippen LogP contribution in [-0.4, -0.2) is 23.7 Å². The molecule has 12 heteroatoms. The van der Waals surface area contributed by atoms with Crippen LogP contribution in [0, 0.1) is 30.2 Å². The maximum Gasteiger partial charge on any atom is 0.416 e. The summed E-state index contributed by atoms with van der Waals surface area (Å²) < 4.78 is 121. The molecule has 1 aliphatic rings. The van der Waals surface area contributed by atoms with Gasteiger partial charge in [-0.15, -0.1) is 0 Å². The molecule has 0 aliphatic heterocycles. The fraction of sp³-hybridized carbons (Fsp3) is 0.353. The minimum atomic E-state index is -5.00. The zero-order valence-corrected chi connectivity index (χ0v) is 15.5. The summed E-state index contributed by atoms with van der Waals surface area (Å²) in [6, 6.07) is -0.146. The zero-order valence-electron chi connectivity index (χ0n) is 14.7. The zero-order chi connectivity index (χ0) is 21.7. The first-order valence-corrected chi connectivity index (χ1v) is 9.65. The highest BCUT2D eigenvalue weighted by Gasteiger charge is 2.43. The molecule has 158 valence electrons. The van der Waals surface area contributed by atoms with Gasteiger partial charge in [0.1, 0.15) is 4.90 Å². The minimum Gasteiger partial charge on any atom is -0.264 e. The van der Waals surface area contributed by atoms with Crippen LogP contribution < -0.4 is 0 Å². The van der Waals surface area contributed by atoms with Crippen LogP contribution in [0.25, 0.3) is 0 Å². The van der Waals surface area contributed by atoms with Crippen LogP contribution in [0.2, 0.25) is 0 Å². The molecule has 3 rings (SSSR count). The van der Waals surface area contributed by atoms with Crippen molar-refractivity contribution in [3.8, 4) is 0 Å². The normalized spacial score (nSPS) is 15.2. The number of hydrogen-bond acceptors (Lipinski definition) is 3. The highest BCUT2D eigenvalue weighted by Crippen LogP contribution is 2.39. The SMILES string of the molecule is Cc1c(F)c(F)c(F)c(F)c1S(=O)(=O)N(Cc1cnccc1C(F)(F)F)C1CC1. The molecule has 0 atom stereocenters. The number of hydrogen-bond donors (Lipinski definition) is 0. The molecule has 0 amide bonds. The predicted molar refractivity (Wildman–Crippen MR) is 86.0 cm³/mol. The Bertz CT molecular complexity index is 1040. The van der Waals surface area contributed by atoms with Crippen molar-refractivity contribution in [3.05, 3.63) is 58.4 Å². The Kier molecular flexibility index (Phi) is 5.37. The third-order valence-electron chi connectivity index (χ3n) is 4.50. The molecule has 4 nitrogen and oxygen atoms in total. The van der Waals surface area contributed by atoms with Gasteiger partial charge >= 0.3 is 6.18 Å². The van der Waals surface area contributed by atoms with Crippen molar-refractivity contribution in [1.29, 1.82) is 0 Å². The van der Waals surface area contributed by atoms with Gasteiger partial charge in [0.2, 0.25) is 10.0 Å². The largest absolute Gasteiger partial charge is 0.416 e.